The van der Waals surface area contributed by atoms with Gasteiger partial charge in [-0.1, -0.05) is 55.8 Å². The lowest BCUT2D eigenvalue weighted by molar-refractivity contribution is -0.165. The smallest absolute Gasteiger partial charge is 0.410 e. The number of hydrogen-bond donors (Lipinski definition) is 1. The first-order valence-electron chi connectivity index (χ1n) is 15.9. The monoisotopic (exact) mass is 641 g/mol. The molecule has 12 nitrogen and oxygen atoms in total. The number of amides is 3. The van der Waals surface area contributed by atoms with E-state index in [9.17, 15) is 29.1 Å². The molecule has 0 unspecified atom stereocenters. The molecule has 1 saturated heterocycles. The van der Waals surface area contributed by atoms with Gasteiger partial charge in [0.05, 0.1) is 14.9 Å². The van der Waals surface area contributed by atoms with Crippen LogP contribution in [0.15, 0.2) is 54.6 Å². The van der Waals surface area contributed by atoms with E-state index in [2.05, 4.69) is 0 Å². The van der Waals surface area contributed by atoms with Crippen LogP contribution in [0.3, 0.4) is 0 Å². The molecule has 0 spiro atoms. The number of hydrogen-bond acceptors (Lipinski definition) is 9. The summed E-state index contributed by atoms with van der Waals surface area (Å²) in [5.74, 6) is -2.55. The predicted octanol–water partition coefficient (Wildman–Crippen LogP) is 3.69. The van der Waals surface area contributed by atoms with Crippen molar-refractivity contribution in [3.63, 3.8) is 0 Å². The van der Waals surface area contributed by atoms with E-state index in [0.717, 1.165) is 0 Å². The fourth-order valence-corrected chi connectivity index (χ4v) is 5.05. The predicted molar refractivity (Wildman–Crippen MR) is 168 cm³/mol. The lowest BCUT2D eigenvalue weighted by Gasteiger charge is -2.42. The number of ether oxygens (including phenoxy) is 3. The van der Waals surface area contributed by atoms with Crippen LogP contribution in [0.2, 0.25) is 0 Å². The molecular weight excluding hydrogens is 594 g/mol. The van der Waals surface area contributed by atoms with Crippen molar-refractivity contribution in [2.75, 3.05) is 33.3 Å². The number of piperazine rings is 1. The van der Waals surface area contributed by atoms with E-state index in [0.29, 0.717) is 24.0 Å². The summed E-state index contributed by atoms with van der Waals surface area (Å²) >= 11 is 0. The van der Waals surface area contributed by atoms with E-state index >= 15 is 0 Å². The number of carbonyl (C=O) groups excluding carboxylic acids is 5. The van der Waals surface area contributed by atoms with Crippen molar-refractivity contribution in [1.29, 1.82) is 0 Å². The Labute approximate surface area is 271 Å². The third-order valence-electron chi connectivity index (χ3n) is 7.33. The number of phenolic OH excluding ortho intramolecular Hbond substituents is 1. The number of nitrogens with zero attached hydrogens (tertiary/aromatic N) is 3. The maximum atomic E-state index is 14.5. The zero-order valence-electron chi connectivity index (χ0n) is 28.2. The molecule has 12 heteroatoms. The van der Waals surface area contributed by atoms with E-state index in [1.165, 1.54) is 33.9 Å². The molecule has 2 aromatic rings. The summed E-state index contributed by atoms with van der Waals surface area (Å²) in [6.07, 6.45) is 0.0179. The largest absolute Gasteiger partial charge is 0.508 e. The van der Waals surface area contributed by atoms with Crippen molar-refractivity contribution in [3.05, 3.63) is 65.7 Å². The highest BCUT2D eigenvalue weighted by Gasteiger charge is 2.44. The first kappa shape index (κ1) is 34.3. The second-order valence-corrected chi connectivity index (χ2v) is 12.0. The van der Waals surface area contributed by atoms with Gasteiger partial charge >= 0.3 is 18.0 Å². The number of esters is 2. The Bertz CT molecular complexity index is 1410. The lowest BCUT2D eigenvalue weighted by Crippen LogP contribution is -2.64. The standard InChI is InChI=1S/C34H45N3O9/c1-6-7-17-37(33(43)45-23-25-11-9-8-10-12-25)27(20-24-13-15-26(38)16-14-24)32(42)36-19-18-35(22-30(40)46-34(2,3)4)31(41)28(36)21-29(39)44-5/h8-16,27-28,38H,6-7,17-23H2,1-5H3/t27-,28-/m0/s1/i11T. The van der Waals surface area contributed by atoms with Gasteiger partial charge in [0.1, 0.15) is 36.6 Å². The molecule has 0 aliphatic carbocycles. The van der Waals surface area contributed by atoms with Crippen molar-refractivity contribution in [3.8, 4) is 5.75 Å². The molecule has 1 aliphatic heterocycles. The van der Waals surface area contributed by atoms with Crippen LogP contribution >= 0.6 is 0 Å². The van der Waals surface area contributed by atoms with Crippen LogP contribution in [0.25, 0.3) is 0 Å². The van der Waals surface area contributed by atoms with E-state index in [4.69, 9.17) is 15.6 Å². The Balaban J connectivity index is 1.97. The maximum Gasteiger partial charge on any atom is 0.410 e. The number of phenols is 1. The van der Waals surface area contributed by atoms with Crippen LogP contribution in [0.1, 0.15) is 59.5 Å². The summed E-state index contributed by atoms with van der Waals surface area (Å²) in [5.41, 5.74) is 0.346. The molecule has 3 rings (SSSR count). The molecule has 1 fully saturated rings. The molecule has 2 aromatic carbocycles. The fourth-order valence-electron chi connectivity index (χ4n) is 5.05. The van der Waals surface area contributed by atoms with E-state index in [-0.39, 0.29) is 51.0 Å². The molecule has 1 heterocycles. The molecule has 46 heavy (non-hydrogen) atoms. The zero-order chi connectivity index (χ0) is 34.7. The van der Waals surface area contributed by atoms with Gasteiger partial charge in [0, 0.05) is 26.1 Å². The zero-order valence-corrected chi connectivity index (χ0v) is 27.2. The number of rotatable bonds is 13. The van der Waals surface area contributed by atoms with Crippen molar-refractivity contribution < 1.29 is 44.7 Å². The van der Waals surface area contributed by atoms with Crippen LogP contribution in [0.5, 0.6) is 5.75 Å². The summed E-state index contributed by atoms with van der Waals surface area (Å²) in [7, 11) is 1.17. The molecule has 1 aliphatic rings. The molecule has 3 amide bonds. The van der Waals surface area contributed by atoms with Crippen molar-refractivity contribution >= 4 is 29.8 Å². The second-order valence-electron chi connectivity index (χ2n) is 12.0. The van der Waals surface area contributed by atoms with Gasteiger partial charge < -0.3 is 29.1 Å². The first-order valence-corrected chi connectivity index (χ1v) is 15.4. The highest BCUT2D eigenvalue weighted by atomic mass is 16.6. The van der Waals surface area contributed by atoms with E-state index in [1.54, 1.807) is 57.2 Å². The summed E-state index contributed by atoms with van der Waals surface area (Å²) in [6, 6.07) is 10.6. The summed E-state index contributed by atoms with van der Waals surface area (Å²) < 4.78 is 24.0. The molecule has 250 valence electrons. The minimum Gasteiger partial charge on any atom is -0.508 e. The van der Waals surface area contributed by atoms with Gasteiger partial charge in [-0.05, 0) is 50.5 Å². The van der Waals surface area contributed by atoms with Gasteiger partial charge in [-0.15, -0.1) is 0 Å². The second kappa shape index (κ2) is 16.6. The third-order valence-corrected chi connectivity index (χ3v) is 7.33. The molecule has 0 aromatic heterocycles. The van der Waals surface area contributed by atoms with Gasteiger partial charge in [-0.25, -0.2) is 4.79 Å². The Morgan fingerprint density at radius 1 is 1.04 bits per heavy atom. The van der Waals surface area contributed by atoms with Gasteiger partial charge in [0.2, 0.25) is 11.8 Å². The van der Waals surface area contributed by atoms with Gasteiger partial charge in [0.15, 0.2) is 0 Å². The Morgan fingerprint density at radius 3 is 2.39 bits per heavy atom. The highest BCUT2D eigenvalue weighted by molar-refractivity contribution is 5.95. The summed E-state index contributed by atoms with van der Waals surface area (Å²) in [4.78, 5) is 70.9. The fraction of sp³-hybridized carbons (Fsp3) is 0.500. The van der Waals surface area contributed by atoms with Gasteiger partial charge in [-0.3, -0.25) is 24.1 Å². The molecule has 0 radical (unpaired) electrons. The van der Waals surface area contributed by atoms with E-state index in [1.807, 2.05) is 6.92 Å². The number of benzene rings is 2. The minimum atomic E-state index is -1.30. The SMILES string of the molecule is [3H]c1ccccc1COC(=O)N(CCCC)[C@@H](Cc1ccc(O)cc1)C(=O)N1CCN(CC(=O)OC(C)(C)C)C(=O)[C@@H]1CC(=O)OC. The average molecular weight is 642 g/mol. The van der Waals surface area contributed by atoms with Crippen molar-refractivity contribution in [2.45, 2.75) is 77.7 Å². The molecule has 1 N–H and O–H groups in total. The van der Waals surface area contributed by atoms with Crippen LogP contribution in [0, 0.1) is 0 Å². The molecule has 0 saturated carbocycles. The van der Waals surface area contributed by atoms with Gasteiger partial charge in [-0.2, -0.15) is 0 Å². The van der Waals surface area contributed by atoms with Crippen LogP contribution in [-0.2, 0) is 46.4 Å². The topological polar surface area (TPSA) is 143 Å². The Morgan fingerprint density at radius 2 is 1.76 bits per heavy atom. The Hall–Kier alpha value is -4.61. The molecule has 0 bridgehead atoms. The van der Waals surface area contributed by atoms with Gasteiger partial charge in [0.25, 0.3) is 0 Å². The van der Waals surface area contributed by atoms with Crippen LogP contribution in [0.4, 0.5) is 4.79 Å². The molecule has 2 atom stereocenters. The minimum absolute atomic E-state index is 0.00684. The number of methoxy groups -OCH3 is 1. The third kappa shape index (κ3) is 10.5. The normalized spacial score (nSPS) is 15.9. The van der Waals surface area contributed by atoms with E-state index < -0.39 is 54.0 Å². The van der Waals surface area contributed by atoms with Crippen LogP contribution in [-0.4, -0.2) is 101 Å². The number of carbonyl (C=O) groups is 5. The quantitative estimate of drug-likeness (QED) is 0.256. The van der Waals surface area contributed by atoms with Crippen LogP contribution < -0.4 is 0 Å². The summed E-state index contributed by atoms with van der Waals surface area (Å²) in [5, 5.41) is 9.84. The first-order chi connectivity index (χ1) is 22.2. The molecular formula is C34H45N3O9. The number of aromatic hydroxyl groups is 1. The average Bonchev–Trinajstić information content (AvgIpc) is 3.01. The van der Waals surface area contributed by atoms with Crippen molar-refractivity contribution in [1.82, 2.24) is 14.7 Å². The lowest BCUT2D eigenvalue weighted by atomic mass is 9.99. The van der Waals surface area contributed by atoms with Crippen molar-refractivity contribution in [2.24, 2.45) is 0 Å². The maximum absolute atomic E-state index is 14.5. The Kier molecular flexibility index (Phi) is 12.4. The highest BCUT2D eigenvalue weighted by Crippen LogP contribution is 2.23. The number of unbranched alkanes of at least 4 members (excludes halogenated alkanes) is 1. The summed E-state index contributed by atoms with van der Waals surface area (Å²) in [6.45, 7) is 6.63.